The molecule has 0 aliphatic carbocycles. The van der Waals surface area contributed by atoms with E-state index in [1.807, 2.05) is 25.1 Å². The van der Waals surface area contributed by atoms with Gasteiger partial charge in [0.15, 0.2) is 0 Å². The molecule has 0 saturated carbocycles. The van der Waals surface area contributed by atoms with Crippen molar-refractivity contribution < 1.29 is 5.11 Å². The fraction of sp³-hybridized carbons (Fsp3) is 0.214. The van der Waals surface area contributed by atoms with Gasteiger partial charge in [-0.15, -0.1) is 0 Å². The Morgan fingerprint density at radius 2 is 1.94 bits per heavy atom. The average Bonchev–Trinajstić information content (AvgIpc) is 2.36. The Morgan fingerprint density at radius 3 is 2.72 bits per heavy atom. The lowest BCUT2D eigenvalue weighted by Crippen LogP contribution is -2.14. The zero-order chi connectivity index (χ0) is 13.0. The Labute approximate surface area is 115 Å². The van der Waals surface area contributed by atoms with Gasteiger partial charge >= 0.3 is 0 Å². The summed E-state index contributed by atoms with van der Waals surface area (Å²) >= 11 is 3.50. The molecule has 1 aromatic heterocycles. The third-order valence-electron chi connectivity index (χ3n) is 2.66. The van der Waals surface area contributed by atoms with Crippen molar-refractivity contribution in [3.63, 3.8) is 0 Å². The molecule has 0 atom stereocenters. The van der Waals surface area contributed by atoms with Gasteiger partial charge in [0.05, 0.1) is 5.69 Å². The second kappa shape index (κ2) is 5.98. The van der Waals surface area contributed by atoms with Crippen LogP contribution >= 0.6 is 15.9 Å². The van der Waals surface area contributed by atoms with Crippen LogP contribution in [-0.4, -0.2) is 10.1 Å². The Balaban J connectivity index is 1.96. The number of pyridine rings is 1. The molecule has 0 radical (unpaired) electrons. The number of aromatic nitrogens is 1. The first-order valence-electron chi connectivity index (χ1n) is 5.76. The second-order valence-corrected chi connectivity index (χ2v) is 4.97. The summed E-state index contributed by atoms with van der Waals surface area (Å²) < 4.78 is 1.08. The van der Waals surface area contributed by atoms with Crippen LogP contribution in [0.3, 0.4) is 0 Å². The Morgan fingerprint density at radius 1 is 1.17 bits per heavy atom. The predicted molar refractivity (Wildman–Crippen MR) is 75.3 cm³/mol. The van der Waals surface area contributed by atoms with Gasteiger partial charge in [-0.05, 0) is 30.7 Å². The minimum atomic E-state index is 0.236. The standard InChI is InChI=1S/C14H15BrN2O/c1-10-6-7-14(18)13(17-10)9-16-8-11-4-2-3-5-12(11)15/h2-7,16,18H,8-9H2,1H3. The number of benzene rings is 1. The summed E-state index contributed by atoms with van der Waals surface area (Å²) in [5.41, 5.74) is 2.78. The van der Waals surface area contributed by atoms with Crippen LogP contribution in [-0.2, 0) is 13.1 Å². The maximum Gasteiger partial charge on any atom is 0.138 e. The maximum atomic E-state index is 9.67. The predicted octanol–water partition coefficient (Wildman–Crippen LogP) is 3.15. The number of nitrogens with one attached hydrogen (secondary N) is 1. The Bertz CT molecular complexity index is 543. The van der Waals surface area contributed by atoms with Crippen LogP contribution < -0.4 is 5.32 Å². The van der Waals surface area contributed by atoms with E-state index in [1.54, 1.807) is 12.1 Å². The molecule has 0 aliphatic rings. The van der Waals surface area contributed by atoms with E-state index in [1.165, 1.54) is 5.56 Å². The van der Waals surface area contributed by atoms with E-state index >= 15 is 0 Å². The molecule has 0 spiro atoms. The van der Waals surface area contributed by atoms with Crippen LogP contribution in [0.15, 0.2) is 40.9 Å². The minimum absolute atomic E-state index is 0.236. The number of aryl methyl sites for hydroxylation is 1. The lowest BCUT2D eigenvalue weighted by Gasteiger charge is -2.08. The Kier molecular flexibility index (Phi) is 4.33. The lowest BCUT2D eigenvalue weighted by atomic mass is 10.2. The van der Waals surface area contributed by atoms with Gasteiger partial charge in [0.2, 0.25) is 0 Å². The van der Waals surface area contributed by atoms with Gasteiger partial charge in [-0.25, -0.2) is 0 Å². The highest BCUT2D eigenvalue weighted by atomic mass is 79.9. The number of aromatic hydroxyl groups is 1. The molecule has 4 heteroatoms. The highest BCUT2D eigenvalue weighted by Gasteiger charge is 2.03. The molecule has 0 bridgehead atoms. The van der Waals surface area contributed by atoms with E-state index in [-0.39, 0.29) is 5.75 Å². The monoisotopic (exact) mass is 306 g/mol. The number of hydrogen-bond acceptors (Lipinski definition) is 3. The summed E-state index contributed by atoms with van der Waals surface area (Å²) in [5.74, 6) is 0.236. The molecule has 1 heterocycles. The van der Waals surface area contributed by atoms with E-state index < -0.39 is 0 Å². The first-order chi connectivity index (χ1) is 8.66. The van der Waals surface area contributed by atoms with Crippen molar-refractivity contribution in [3.05, 3.63) is 57.8 Å². The smallest absolute Gasteiger partial charge is 0.138 e. The van der Waals surface area contributed by atoms with Gasteiger partial charge in [-0.3, -0.25) is 4.98 Å². The summed E-state index contributed by atoms with van der Waals surface area (Å²) in [4.78, 5) is 4.30. The molecule has 0 amide bonds. The van der Waals surface area contributed by atoms with Crippen molar-refractivity contribution in [2.45, 2.75) is 20.0 Å². The fourth-order valence-corrected chi connectivity index (χ4v) is 2.12. The molecule has 3 nitrogen and oxygen atoms in total. The van der Waals surface area contributed by atoms with Gasteiger partial charge < -0.3 is 10.4 Å². The third kappa shape index (κ3) is 3.31. The van der Waals surface area contributed by atoms with Crippen molar-refractivity contribution in [2.75, 3.05) is 0 Å². The molecule has 0 fully saturated rings. The van der Waals surface area contributed by atoms with E-state index in [0.29, 0.717) is 12.2 Å². The van der Waals surface area contributed by atoms with E-state index in [9.17, 15) is 5.11 Å². The van der Waals surface area contributed by atoms with Crippen LogP contribution in [0.2, 0.25) is 0 Å². The number of halogens is 1. The van der Waals surface area contributed by atoms with Gasteiger partial charge in [-0.1, -0.05) is 34.1 Å². The van der Waals surface area contributed by atoms with Gasteiger partial charge in [0.25, 0.3) is 0 Å². The zero-order valence-electron chi connectivity index (χ0n) is 10.2. The largest absolute Gasteiger partial charge is 0.506 e. The van der Waals surface area contributed by atoms with E-state index in [0.717, 1.165) is 16.7 Å². The van der Waals surface area contributed by atoms with E-state index in [2.05, 4.69) is 32.3 Å². The van der Waals surface area contributed by atoms with Crippen LogP contribution in [0.4, 0.5) is 0 Å². The number of nitrogens with zero attached hydrogens (tertiary/aromatic N) is 1. The molecule has 2 rings (SSSR count). The quantitative estimate of drug-likeness (QED) is 0.912. The average molecular weight is 307 g/mol. The lowest BCUT2D eigenvalue weighted by molar-refractivity contribution is 0.459. The van der Waals surface area contributed by atoms with Crippen LogP contribution in [0.25, 0.3) is 0 Å². The third-order valence-corrected chi connectivity index (χ3v) is 3.43. The second-order valence-electron chi connectivity index (χ2n) is 4.11. The number of rotatable bonds is 4. The Hall–Kier alpha value is -1.39. The number of hydrogen-bond donors (Lipinski definition) is 2. The van der Waals surface area contributed by atoms with Crippen LogP contribution in [0.5, 0.6) is 5.75 Å². The molecule has 1 aromatic carbocycles. The van der Waals surface area contributed by atoms with Gasteiger partial charge in [0.1, 0.15) is 5.75 Å². The summed E-state index contributed by atoms with van der Waals surface area (Å²) in [5, 5.41) is 12.9. The van der Waals surface area contributed by atoms with Gasteiger partial charge in [0, 0.05) is 23.3 Å². The molecule has 18 heavy (non-hydrogen) atoms. The summed E-state index contributed by atoms with van der Waals surface area (Å²) in [6, 6.07) is 11.5. The molecule has 2 aromatic rings. The van der Waals surface area contributed by atoms with Crippen molar-refractivity contribution in [2.24, 2.45) is 0 Å². The highest BCUT2D eigenvalue weighted by Crippen LogP contribution is 2.17. The molecule has 94 valence electrons. The molecule has 0 unspecified atom stereocenters. The first-order valence-corrected chi connectivity index (χ1v) is 6.56. The molecule has 2 N–H and O–H groups in total. The highest BCUT2D eigenvalue weighted by molar-refractivity contribution is 9.10. The molecule has 0 saturated heterocycles. The van der Waals surface area contributed by atoms with Crippen molar-refractivity contribution in [3.8, 4) is 5.75 Å². The SMILES string of the molecule is Cc1ccc(O)c(CNCc2ccccc2Br)n1. The molecule has 0 aliphatic heterocycles. The first kappa shape index (κ1) is 13.1. The molecular formula is C14H15BrN2O. The molecular weight excluding hydrogens is 292 g/mol. The maximum absolute atomic E-state index is 9.67. The minimum Gasteiger partial charge on any atom is -0.506 e. The van der Waals surface area contributed by atoms with Crippen molar-refractivity contribution in [1.82, 2.24) is 10.3 Å². The summed E-state index contributed by atoms with van der Waals surface area (Å²) in [7, 11) is 0. The van der Waals surface area contributed by atoms with Gasteiger partial charge in [-0.2, -0.15) is 0 Å². The van der Waals surface area contributed by atoms with E-state index in [4.69, 9.17) is 0 Å². The van der Waals surface area contributed by atoms with Crippen LogP contribution in [0.1, 0.15) is 17.0 Å². The summed E-state index contributed by atoms with van der Waals surface area (Å²) in [6.07, 6.45) is 0. The van der Waals surface area contributed by atoms with Crippen molar-refractivity contribution in [1.29, 1.82) is 0 Å². The topological polar surface area (TPSA) is 45.1 Å². The fourth-order valence-electron chi connectivity index (χ4n) is 1.69. The van der Waals surface area contributed by atoms with Crippen molar-refractivity contribution >= 4 is 15.9 Å². The van der Waals surface area contributed by atoms with Crippen LogP contribution in [0, 0.1) is 6.92 Å². The zero-order valence-corrected chi connectivity index (χ0v) is 11.7. The normalized spacial score (nSPS) is 10.6. The summed E-state index contributed by atoms with van der Waals surface area (Å²) in [6.45, 7) is 3.20.